The molecular weight excluding hydrogens is 568 g/mol. The molecule has 0 unspecified atom stereocenters. The van der Waals surface area contributed by atoms with Crippen LogP contribution in [-0.2, 0) is 0 Å². The molecular formula is C42H42O4. The molecule has 0 aromatic heterocycles. The molecule has 0 heterocycles. The Morgan fingerprint density at radius 3 is 1.26 bits per heavy atom. The first kappa shape index (κ1) is 31.0. The van der Waals surface area contributed by atoms with E-state index in [9.17, 15) is 0 Å². The van der Waals surface area contributed by atoms with Crippen LogP contribution in [0, 0.1) is 0 Å². The van der Waals surface area contributed by atoms with E-state index in [4.69, 9.17) is 18.9 Å². The number of methoxy groups -OCH3 is 2. The highest BCUT2D eigenvalue weighted by atomic mass is 16.5. The molecule has 234 valence electrons. The third kappa shape index (κ3) is 6.25. The molecule has 6 rings (SSSR count). The van der Waals surface area contributed by atoms with Crippen molar-refractivity contribution in [1.82, 2.24) is 0 Å². The first-order valence-electron chi connectivity index (χ1n) is 16.3. The summed E-state index contributed by atoms with van der Waals surface area (Å²) >= 11 is 0. The average Bonchev–Trinajstić information content (AvgIpc) is 3.11. The van der Waals surface area contributed by atoms with E-state index in [2.05, 4.69) is 111 Å². The molecule has 0 N–H and O–H groups in total. The minimum atomic E-state index is 0.671. The Bertz CT molecular complexity index is 1790. The molecule has 0 spiro atoms. The largest absolute Gasteiger partial charge is 0.495 e. The maximum Gasteiger partial charge on any atom is 0.135 e. The molecule has 0 atom stereocenters. The second-order valence-electron chi connectivity index (χ2n) is 11.6. The van der Waals surface area contributed by atoms with E-state index >= 15 is 0 Å². The molecule has 0 fully saturated rings. The molecule has 0 saturated heterocycles. The van der Waals surface area contributed by atoms with E-state index in [1.54, 1.807) is 14.2 Å². The number of hydrogen-bond donors (Lipinski definition) is 0. The predicted molar refractivity (Wildman–Crippen MR) is 192 cm³/mol. The molecule has 0 aliphatic heterocycles. The van der Waals surface area contributed by atoms with Gasteiger partial charge in [-0.15, -0.1) is 0 Å². The van der Waals surface area contributed by atoms with Gasteiger partial charge in [0.05, 0.1) is 27.4 Å². The van der Waals surface area contributed by atoms with Crippen LogP contribution in [-0.4, -0.2) is 27.4 Å². The van der Waals surface area contributed by atoms with Crippen molar-refractivity contribution in [3.8, 4) is 56.4 Å². The molecule has 0 aliphatic rings. The maximum atomic E-state index is 6.41. The van der Waals surface area contributed by atoms with Crippen molar-refractivity contribution in [2.24, 2.45) is 0 Å². The van der Waals surface area contributed by atoms with Crippen molar-refractivity contribution in [3.63, 3.8) is 0 Å². The van der Waals surface area contributed by atoms with Gasteiger partial charge in [0.1, 0.15) is 23.0 Å². The second kappa shape index (κ2) is 14.4. The number of unbranched alkanes of at least 4 members (excludes halogenated alkanes) is 2. The lowest BCUT2D eigenvalue weighted by molar-refractivity contribution is 0.309. The molecule has 0 aliphatic carbocycles. The standard InChI is InChI=1S/C42H42O4/c1-5-7-23-45-33-21-19-31-25-37(29-15-11-9-12-16-29)41(43-3)39(35(31)27-33)40-36-28-34(46-24-8-6-2)22-20-32(36)26-38(42(40)44-4)30-17-13-10-14-18-30/h9-22,25-28H,5-8,23-24H2,1-4H3. The summed E-state index contributed by atoms with van der Waals surface area (Å²) in [6.07, 6.45) is 4.15. The summed E-state index contributed by atoms with van der Waals surface area (Å²) < 4.78 is 25.3. The number of fused-ring (bicyclic) bond motifs is 2. The van der Waals surface area contributed by atoms with Crippen LogP contribution < -0.4 is 18.9 Å². The molecule has 6 aromatic carbocycles. The van der Waals surface area contributed by atoms with Gasteiger partial charge < -0.3 is 18.9 Å². The first-order valence-corrected chi connectivity index (χ1v) is 16.3. The van der Waals surface area contributed by atoms with Crippen molar-refractivity contribution < 1.29 is 18.9 Å². The summed E-state index contributed by atoms with van der Waals surface area (Å²) in [6, 6.07) is 38.0. The van der Waals surface area contributed by atoms with Crippen molar-refractivity contribution in [1.29, 1.82) is 0 Å². The Labute approximate surface area is 272 Å². The number of hydrogen-bond acceptors (Lipinski definition) is 4. The monoisotopic (exact) mass is 610 g/mol. The summed E-state index contributed by atoms with van der Waals surface area (Å²) in [4.78, 5) is 0. The zero-order chi connectivity index (χ0) is 31.9. The summed E-state index contributed by atoms with van der Waals surface area (Å²) in [5.41, 5.74) is 6.12. The SMILES string of the molecule is CCCCOc1ccc2cc(-c3ccccc3)c(OC)c(-c3c(OC)c(-c4ccccc4)cc4ccc(OCCCC)cc34)c2c1. The van der Waals surface area contributed by atoms with E-state index in [1.807, 2.05) is 12.1 Å². The van der Waals surface area contributed by atoms with Crippen LogP contribution in [0.15, 0.2) is 109 Å². The van der Waals surface area contributed by atoms with Crippen LogP contribution in [0.25, 0.3) is 54.9 Å². The van der Waals surface area contributed by atoms with E-state index in [-0.39, 0.29) is 0 Å². The highest BCUT2D eigenvalue weighted by Crippen LogP contribution is 2.53. The Hall–Kier alpha value is -4.96. The normalized spacial score (nSPS) is 11.1. The van der Waals surface area contributed by atoms with Crippen LogP contribution in [0.1, 0.15) is 39.5 Å². The average molecular weight is 611 g/mol. The van der Waals surface area contributed by atoms with Gasteiger partial charge in [-0.25, -0.2) is 0 Å². The number of rotatable bonds is 13. The highest BCUT2D eigenvalue weighted by molar-refractivity contribution is 6.14. The van der Waals surface area contributed by atoms with Crippen molar-refractivity contribution in [2.75, 3.05) is 27.4 Å². The van der Waals surface area contributed by atoms with Gasteiger partial charge in [-0.3, -0.25) is 0 Å². The second-order valence-corrected chi connectivity index (χ2v) is 11.6. The Balaban J connectivity index is 1.74. The van der Waals surface area contributed by atoms with Gasteiger partial charge >= 0.3 is 0 Å². The topological polar surface area (TPSA) is 36.9 Å². The van der Waals surface area contributed by atoms with Crippen LogP contribution >= 0.6 is 0 Å². The van der Waals surface area contributed by atoms with Gasteiger partial charge in [-0.2, -0.15) is 0 Å². The van der Waals surface area contributed by atoms with E-state index in [0.29, 0.717) is 13.2 Å². The summed E-state index contributed by atoms with van der Waals surface area (Å²) in [5, 5.41) is 4.25. The lowest BCUT2D eigenvalue weighted by Crippen LogP contribution is -2.01. The fourth-order valence-corrected chi connectivity index (χ4v) is 6.14. The lowest BCUT2D eigenvalue weighted by Gasteiger charge is -2.23. The minimum absolute atomic E-state index is 0.671. The zero-order valence-electron chi connectivity index (χ0n) is 27.3. The number of ether oxygens (including phenoxy) is 4. The fourth-order valence-electron chi connectivity index (χ4n) is 6.14. The van der Waals surface area contributed by atoms with Crippen molar-refractivity contribution in [3.05, 3.63) is 109 Å². The molecule has 0 bridgehead atoms. The fraction of sp³-hybridized carbons (Fsp3) is 0.238. The van der Waals surface area contributed by atoms with Gasteiger partial charge in [0.15, 0.2) is 0 Å². The Morgan fingerprint density at radius 1 is 0.478 bits per heavy atom. The summed E-state index contributed by atoms with van der Waals surface area (Å²) in [5.74, 6) is 3.24. The van der Waals surface area contributed by atoms with Crippen LogP contribution in [0.3, 0.4) is 0 Å². The first-order chi connectivity index (χ1) is 22.7. The Morgan fingerprint density at radius 2 is 0.891 bits per heavy atom. The van der Waals surface area contributed by atoms with E-state index < -0.39 is 0 Å². The quantitative estimate of drug-likeness (QED) is 0.122. The predicted octanol–water partition coefficient (Wildman–Crippen LogP) is 11.4. The molecule has 6 aromatic rings. The molecule has 0 radical (unpaired) electrons. The van der Waals surface area contributed by atoms with E-state index in [0.717, 1.165) is 104 Å². The van der Waals surface area contributed by atoms with Gasteiger partial charge in [-0.1, -0.05) is 99.5 Å². The van der Waals surface area contributed by atoms with Crippen LogP contribution in [0.5, 0.6) is 23.0 Å². The van der Waals surface area contributed by atoms with Crippen LogP contribution in [0.4, 0.5) is 0 Å². The summed E-state index contributed by atoms with van der Waals surface area (Å²) in [6.45, 7) is 5.69. The van der Waals surface area contributed by atoms with Gasteiger partial charge in [0.25, 0.3) is 0 Å². The third-order valence-electron chi connectivity index (χ3n) is 8.49. The van der Waals surface area contributed by atoms with Crippen molar-refractivity contribution >= 4 is 21.5 Å². The van der Waals surface area contributed by atoms with Gasteiger partial charge in [0.2, 0.25) is 0 Å². The Kier molecular flexibility index (Phi) is 9.73. The maximum absolute atomic E-state index is 6.41. The number of benzene rings is 6. The molecule has 4 heteroatoms. The molecule has 4 nitrogen and oxygen atoms in total. The lowest BCUT2D eigenvalue weighted by atomic mass is 9.86. The van der Waals surface area contributed by atoms with Crippen LogP contribution in [0.2, 0.25) is 0 Å². The smallest absolute Gasteiger partial charge is 0.135 e. The third-order valence-corrected chi connectivity index (χ3v) is 8.49. The summed E-state index contributed by atoms with van der Waals surface area (Å²) in [7, 11) is 3.52. The molecule has 0 saturated carbocycles. The van der Waals surface area contributed by atoms with Crippen molar-refractivity contribution in [2.45, 2.75) is 39.5 Å². The zero-order valence-corrected chi connectivity index (χ0v) is 27.3. The highest BCUT2D eigenvalue weighted by Gasteiger charge is 2.25. The van der Waals surface area contributed by atoms with Gasteiger partial charge in [-0.05, 0) is 81.9 Å². The molecule has 0 amide bonds. The van der Waals surface area contributed by atoms with Gasteiger partial charge in [0, 0.05) is 22.3 Å². The molecule has 46 heavy (non-hydrogen) atoms. The van der Waals surface area contributed by atoms with E-state index in [1.165, 1.54) is 0 Å². The minimum Gasteiger partial charge on any atom is -0.495 e.